The first kappa shape index (κ1) is 34.2. The van der Waals surface area contributed by atoms with Gasteiger partial charge in [-0.15, -0.1) is 0 Å². The summed E-state index contributed by atoms with van der Waals surface area (Å²) in [7, 11) is 0. The van der Waals surface area contributed by atoms with Crippen molar-refractivity contribution in [2.45, 2.75) is 96.3 Å². The molecule has 0 saturated carbocycles. The number of amides is 2. The predicted octanol–water partition coefficient (Wildman–Crippen LogP) is 9.99. The van der Waals surface area contributed by atoms with Crippen molar-refractivity contribution in [1.82, 2.24) is 4.90 Å². The zero-order valence-corrected chi connectivity index (χ0v) is 22.9. The van der Waals surface area contributed by atoms with Gasteiger partial charge >= 0.3 is 12.4 Å². The first-order valence-corrected chi connectivity index (χ1v) is 13.9. The number of halogens is 8. The van der Waals surface area contributed by atoms with Gasteiger partial charge in [-0.1, -0.05) is 77.6 Å². The van der Waals surface area contributed by atoms with Gasteiger partial charge in [0, 0.05) is 12.1 Å². The van der Waals surface area contributed by atoms with Gasteiger partial charge < -0.3 is 0 Å². The van der Waals surface area contributed by atoms with E-state index in [9.17, 15) is 44.7 Å². The number of alkyl halides is 6. The third-order valence-electron chi connectivity index (χ3n) is 6.72. The van der Waals surface area contributed by atoms with Crippen LogP contribution in [0.15, 0.2) is 36.4 Å². The van der Waals surface area contributed by atoms with Crippen molar-refractivity contribution in [2.24, 2.45) is 0 Å². The summed E-state index contributed by atoms with van der Waals surface area (Å²) in [4.78, 5) is 26.7. The molecule has 0 radical (unpaired) electrons. The molecule has 0 aromatic heterocycles. The van der Waals surface area contributed by atoms with Crippen molar-refractivity contribution in [2.75, 3.05) is 6.54 Å². The van der Waals surface area contributed by atoms with E-state index in [1.54, 1.807) is 0 Å². The minimum Gasteiger partial charge on any atom is -0.274 e. The molecule has 0 unspecified atom stereocenters. The summed E-state index contributed by atoms with van der Waals surface area (Å²) in [6.45, 7) is 1.71. The molecule has 0 aliphatic rings. The molecule has 0 aliphatic carbocycles. The Morgan fingerprint density at radius 3 is 1.68 bits per heavy atom. The molecule has 0 heterocycles. The summed E-state index contributed by atoms with van der Waals surface area (Å²) in [5.41, 5.74) is -5.04. The second-order valence-corrected chi connectivity index (χ2v) is 10.1. The summed E-state index contributed by atoms with van der Waals surface area (Å²) in [6, 6.07) is 2.11. The van der Waals surface area contributed by atoms with E-state index >= 15 is 0 Å². The van der Waals surface area contributed by atoms with Crippen molar-refractivity contribution in [3.05, 3.63) is 70.3 Å². The van der Waals surface area contributed by atoms with Gasteiger partial charge in [-0.05, 0) is 42.8 Å². The van der Waals surface area contributed by atoms with Crippen LogP contribution in [0.5, 0.6) is 0 Å². The largest absolute Gasteiger partial charge is 0.417 e. The fourth-order valence-electron chi connectivity index (χ4n) is 4.52. The molecule has 0 fully saturated rings. The van der Waals surface area contributed by atoms with Gasteiger partial charge in [-0.2, -0.15) is 26.3 Å². The molecule has 0 N–H and O–H groups in total. The summed E-state index contributed by atoms with van der Waals surface area (Å²) in [5, 5.41) is 0. The molecule has 3 nitrogen and oxygen atoms in total. The highest BCUT2D eigenvalue weighted by atomic mass is 19.4. The van der Waals surface area contributed by atoms with Crippen LogP contribution < -0.4 is 0 Å². The van der Waals surface area contributed by atoms with Crippen molar-refractivity contribution >= 4 is 11.8 Å². The van der Waals surface area contributed by atoms with Crippen LogP contribution in [-0.4, -0.2) is 23.3 Å². The molecule has 0 aliphatic heterocycles. The number of nitrogens with zero attached hydrogens (tertiary/aromatic N) is 1. The van der Waals surface area contributed by atoms with E-state index in [1.165, 1.54) is 25.7 Å². The Balaban J connectivity index is 2.17. The Labute approximate surface area is 234 Å². The van der Waals surface area contributed by atoms with Gasteiger partial charge in [0.05, 0.1) is 16.7 Å². The molecular formula is C30H35F8NO2. The molecule has 0 bridgehead atoms. The van der Waals surface area contributed by atoms with Crippen LogP contribution in [0.25, 0.3) is 0 Å². The zero-order chi connectivity index (χ0) is 30.6. The van der Waals surface area contributed by atoms with Crippen molar-refractivity contribution < 1.29 is 44.7 Å². The van der Waals surface area contributed by atoms with Crippen molar-refractivity contribution in [3.8, 4) is 0 Å². The van der Waals surface area contributed by atoms with Crippen LogP contribution in [0, 0.1) is 11.6 Å². The van der Waals surface area contributed by atoms with Crippen LogP contribution in [0.4, 0.5) is 35.1 Å². The van der Waals surface area contributed by atoms with Crippen LogP contribution >= 0.6 is 0 Å². The quantitative estimate of drug-likeness (QED) is 0.117. The Hall–Kier alpha value is -2.98. The highest BCUT2D eigenvalue weighted by Gasteiger charge is 2.38. The van der Waals surface area contributed by atoms with Crippen molar-refractivity contribution in [3.63, 3.8) is 0 Å². The number of hydrogen-bond donors (Lipinski definition) is 0. The smallest absolute Gasteiger partial charge is 0.274 e. The maximum atomic E-state index is 14.0. The molecule has 2 rings (SSSR count). The van der Waals surface area contributed by atoms with E-state index in [1.807, 2.05) is 0 Å². The Bertz CT molecular complexity index is 1140. The van der Waals surface area contributed by atoms with Crippen molar-refractivity contribution in [1.29, 1.82) is 0 Å². The molecule has 0 atom stereocenters. The van der Waals surface area contributed by atoms with E-state index in [4.69, 9.17) is 0 Å². The second kappa shape index (κ2) is 15.9. The van der Waals surface area contributed by atoms with Crippen LogP contribution in [0.3, 0.4) is 0 Å². The third kappa shape index (κ3) is 11.1. The lowest BCUT2D eigenvalue weighted by atomic mass is 10.0. The molecule has 11 heteroatoms. The lowest BCUT2D eigenvalue weighted by molar-refractivity contribution is -0.138. The fourth-order valence-corrected chi connectivity index (χ4v) is 4.52. The molecule has 2 aromatic rings. The topological polar surface area (TPSA) is 37.4 Å². The number of unbranched alkanes of at least 4 members (excludes halogenated alkanes) is 11. The first-order valence-electron chi connectivity index (χ1n) is 13.9. The van der Waals surface area contributed by atoms with Crippen LogP contribution in [-0.2, 0) is 12.4 Å². The first-order chi connectivity index (χ1) is 19.3. The van der Waals surface area contributed by atoms with Crippen LogP contribution in [0.2, 0.25) is 0 Å². The number of benzene rings is 2. The summed E-state index contributed by atoms with van der Waals surface area (Å²) in [5.74, 6) is -5.55. The molecular weight excluding hydrogens is 558 g/mol. The fraction of sp³-hybridized carbons (Fsp3) is 0.533. The average Bonchev–Trinajstić information content (AvgIpc) is 2.89. The van der Waals surface area contributed by atoms with Gasteiger partial charge in [0.2, 0.25) is 0 Å². The number of carbonyl (C=O) groups excluding carboxylic acids is 2. The maximum absolute atomic E-state index is 14.0. The lowest BCUT2D eigenvalue weighted by Crippen LogP contribution is -2.39. The zero-order valence-electron chi connectivity index (χ0n) is 22.9. The minimum absolute atomic E-state index is 0.145. The van der Waals surface area contributed by atoms with E-state index in [0.717, 1.165) is 32.1 Å². The summed E-state index contributed by atoms with van der Waals surface area (Å²) < 4.78 is 108. The Morgan fingerprint density at radius 1 is 0.634 bits per heavy atom. The number of rotatable bonds is 15. The molecule has 2 amide bonds. The third-order valence-corrected chi connectivity index (χ3v) is 6.72. The van der Waals surface area contributed by atoms with Gasteiger partial charge in [0.1, 0.15) is 11.6 Å². The highest BCUT2D eigenvalue weighted by Crippen LogP contribution is 2.34. The van der Waals surface area contributed by atoms with Gasteiger partial charge in [0.15, 0.2) is 0 Å². The van der Waals surface area contributed by atoms with Gasteiger partial charge in [-0.25, -0.2) is 8.78 Å². The predicted molar refractivity (Wildman–Crippen MR) is 139 cm³/mol. The van der Waals surface area contributed by atoms with Crippen LogP contribution in [0.1, 0.15) is 116 Å². The van der Waals surface area contributed by atoms with E-state index in [0.29, 0.717) is 48.1 Å². The number of carbonyl (C=O) groups is 2. The molecule has 0 spiro atoms. The SMILES string of the molecule is CCCCCCCCCCCCCCN(C(=O)c1cc(F)cc(C(F)(F)F)c1)C(=O)c1cc(F)ccc1C(F)(F)F. The van der Waals surface area contributed by atoms with E-state index in [2.05, 4.69) is 6.92 Å². The maximum Gasteiger partial charge on any atom is 0.417 e. The summed E-state index contributed by atoms with van der Waals surface area (Å²) in [6.07, 6.45) is 1.21. The molecule has 2 aromatic carbocycles. The highest BCUT2D eigenvalue weighted by molar-refractivity contribution is 6.11. The molecule has 228 valence electrons. The normalized spacial score (nSPS) is 12.0. The van der Waals surface area contributed by atoms with Gasteiger partial charge in [0.25, 0.3) is 11.8 Å². The Morgan fingerprint density at radius 2 is 1.17 bits per heavy atom. The van der Waals surface area contributed by atoms with E-state index in [-0.39, 0.29) is 12.5 Å². The monoisotopic (exact) mass is 593 g/mol. The van der Waals surface area contributed by atoms with E-state index < -0.39 is 64.6 Å². The number of imide groups is 1. The average molecular weight is 594 g/mol. The standard InChI is InChI=1S/C30H35F8NO2/c1-2-3-4-5-6-7-8-9-10-11-12-13-16-39(27(40)21-17-22(29(33,34)35)19-24(32)18-21)28(41)25-20-23(31)14-15-26(25)30(36,37)38/h14-15,17-20H,2-13,16H2,1H3. The van der Waals surface area contributed by atoms with Gasteiger partial charge in [-0.3, -0.25) is 14.5 Å². The second-order valence-electron chi connectivity index (χ2n) is 10.1. The molecule has 41 heavy (non-hydrogen) atoms. The minimum atomic E-state index is -5.08. The Kier molecular flexibility index (Phi) is 13.2. The number of hydrogen-bond acceptors (Lipinski definition) is 2. The molecule has 0 saturated heterocycles. The summed E-state index contributed by atoms with van der Waals surface area (Å²) >= 11 is 0. The lowest BCUT2D eigenvalue weighted by Gasteiger charge is -2.23.